The van der Waals surface area contributed by atoms with E-state index in [2.05, 4.69) is 18.7 Å². The molecule has 0 amide bonds. The summed E-state index contributed by atoms with van der Waals surface area (Å²) in [6.45, 7) is 5.44. The maximum absolute atomic E-state index is 10.8. The van der Waals surface area contributed by atoms with Gasteiger partial charge in [-0.3, -0.25) is 9.69 Å². The monoisotopic (exact) mass is 269 g/mol. The lowest BCUT2D eigenvalue weighted by Gasteiger charge is -2.45. The van der Waals surface area contributed by atoms with E-state index in [4.69, 9.17) is 9.84 Å². The molecule has 0 aliphatic carbocycles. The quantitative estimate of drug-likeness (QED) is 0.852. The molecule has 3 unspecified atom stereocenters. The molecule has 110 valence electrons. The summed E-state index contributed by atoms with van der Waals surface area (Å²) in [6.07, 6.45) is 7.60. The van der Waals surface area contributed by atoms with E-state index in [0.717, 1.165) is 32.2 Å². The number of aliphatic carboxylic acids is 1. The molecular weight excluding hydrogens is 242 g/mol. The predicted molar refractivity (Wildman–Crippen MR) is 74.2 cm³/mol. The zero-order chi connectivity index (χ0) is 13.8. The second-order valence-corrected chi connectivity index (χ2v) is 6.20. The minimum atomic E-state index is -0.667. The highest BCUT2D eigenvalue weighted by Gasteiger charge is 2.34. The van der Waals surface area contributed by atoms with Gasteiger partial charge in [0.1, 0.15) is 0 Å². The number of nitrogens with zero attached hydrogens (tertiary/aromatic N) is 1. The van der Waals surface area contributed by atoms with Crippen molar-refractivity contribution >= 4 is 5.97 Å². The van der Waals surface area contributed by atoms with Gasteiger partial charge < -0.3 is 9.84 Å². The number of carboxylic acid groups (broad SMARTS) is 1. The number of hydrogen-bond donors (Lipinski definition) is 1. The number of likely N-dealkylation sites (tertiary alicyclic amines) is 1. The molecule has 0 spiro atoms. The fourth-order valence-electron chi connectivity index (χ4n) is 3.74. The van der Waals surface area contributed by atoms with E-state index in [0.29, 0.717) is 30.7 Å². The SMILES string of the molecule is CC1CC(N2CCCCC2CCC(=O)O)CC(C)O1. The van der Waals surface area contributed by atoms with Gasteiger partial charge in [-0.1, -0.05) is 6.42 Å². The van der Waals surface area contributed by atoms with Crippen LogP contribution in [0.3, 0.4) is 0 Å². The highest BCUT2D eigenvalue weighted by molar-refractivity contribution is 5.66. The lowest BCUT2D eigenvalue weighted by Crippen LogP contribution is -2.51. The number of piperidine rings is 1. The smallest absolute Gasteiger partial charge is 0.303 e. The fourth-order valence-corrected chi connectivity index (χ4v) is 3.74. The van der Waals surface area contributed by atoms with Crippen molar-refractivity contribution in [3.05, 3.63) is 0 Å². The van der Waals surface area contributed by atoms with Crippen LogP contribution in [0.15, 0.2) is 0 Å². The molecule has 0 aromatic carbocycles. The Bertz CT molecular complexity index is 298. The van der Waals surface area contributed by atoms with Crippen LogP contribution in [-0.2, 0) is 9.53 Å². The summed E-state index contributed by atoms with van der Waals surface area (Å²) in [5.41, 5.74) is 0. The second-order valence-electron chi connectivity index (χ2n) is 6.20. The molecule has 4 nitrogen and oxygen atoms in total. The van der Waals surface area contributed by atoms with Gasteiger partial charge in [0, 0.05) is 18.5 Å². The molecule has 2 heterocycles. The van der Waals surface area contributed by atoms with Crippen LogP contribution in [0.4, 0.5) is 0 Å². The van der Waals surface area contributed by atoms with Gasteiger partial charge in [0.25, 0.3) is 0 Å². The largest absolute Gasteiger partial charge is 0.481 e. The van der Waals surface area contributed by atoms with Crippen molar-refractivity contribution in [1.29, 1.82) is 0 Å². The van der Waals surface area contributed by atoms with Crippen LogP contribution in [0.1, 0.15) is 58.8 Å². The molecule has 1 N–H and O–H groups in total. The average molecular weight is 269 g/mol. The van der Waals surface area contributed by atoms with Crippen molar-refractivity contribution in [1.82, 2.24) is 4.90 Å². The normalized spacial score (nSPS) is 37.2. The van der Waals surface area contributed by atoms with Crippen LogP contribution < -0.4 is 0 Å². The van der Waals surface area contributed by atoms with Crippen LogP contribution in [0.5, 0.6) is 0 Å². The summed E-state index contributed by atoms with van der Waals surface area (Å²) in [5, 5.41) is 8.89. The molecule has 0 bridgehead atoms. The highest BCUT2D eigenvalue weighted by Crippen LogP contribution is 2.30. The van der Waals surface area contributed by atoms with E-state index >= 15 is 0 Å². The Balaban J connectivity index is 1.95. The molecule has 19 heavy (non-hydrogen) atoms. The third-order valence-electron chi connectivity index (χ3n) is 4.51. The van der Waals surface area contributed by atoms with E-state index < -0.39 is 5.97 Å². The number of ether oxygens (including phenoxy) is 1. The summed E-state index contributed by atoms with van der Waals surface area (Å²) in [7, 11) is 0. The Hall–Kier alpha value is -0.610. The van der Waals surface area contributed by atoms with Crippen LogP contribution in [-0.4, -0.2) is 46.8 Å². The van der Waals surface area contributed by atoms with Gasteiger partial charge in [0.15, 0.2) is 0 Å². The minimum absolute atomic E-state index is 0.301. The lowest BCUT2D eigenvalue weighted by atomic mass is 9.91. The van der Waals surface area contributed by atoms with Crippen molar-refractivity contribution in [2.24, 2.45) is 0 Å². The maximum atomic E-state index is 10.8. The molecule has 2 aliphatic heterocycles. The average Bonchev–Trinajstić information content (AvgIpc) is 2.35. The molecule has 2 aliphatic rings. The first-order valence-electron chi connectivity index (χ1n) is 7.69. The van der Waals surface area contributed by atoms with E-state index in [1.165, 1.54) is 12.8 Å². The molecule has 2 rings (SSSR count). The minimum Gasteiger partial charge on any atom is -0.481 e. The maximum Gasteiger partial charge on any atom is 0.303 e. The van der Waals surface area contributed by atoms with E-state index in [1.54, 1.807) is 0 Å². The number of carbonyl (C=O) groups is 1. The van der Waals surface area contributed by atoms with E-state index in [1.807, 2.05) is 0 Å². The van der Waals surface area contributed by atoms with Crippen molar-refractivity contribution in [3.63, 3.8) is 0 Å². The molecule has 2 saturated heterocycles. The Morgan fingerprint density at radius 2 is 1.95 bits per heavy atom. The van der Waals surface area contributed by atoms with Gasteiger partial charge in [0.2, 0.25) is 0 Å². The zero-order valence-electron chi connectivity index (χ0n) is 12.2. The summed E-state index contributed by atoms with van der Waals surface area (Å²) in [4.78, 5) is 13.4. The van der Waals surface area contributed by atoms with Gasteiger partial charge >= 0.3 is 5.97 Å². The molecule has 3 atom stereocenters. The zero-order valence-corrected chi connectivity index (χ0v) is 12.2. The predicted octanol–water partition coefficient (Wildman–Crippen LogP) is 2.66. The van der Waals surface area contributed by atoms with Crippen LogP contribution in [0.2, 0.25) is 0 Å². The molecular formula is C15H27NO3. The molecule has 0 radical (unpaired) electrons. The van der Waals surface area contributed by atoms with Gasteiger partial charge in [-0.15, -0.1) is 0 Å². The van der Waals surface area contributed by atoms with Gasteiger partial charge in [0.05, 0.1) is 12.2 Å². The van der Waals surface area contributed by atoms with E-state index in [-0.39, 0.29) is 0 Å². The highest BCUT2D eigenvalue weighted by atomic mass is 16.5. The Labute approximate surface area is 116 Å². The van der Waals surface area contributed by atoms with Crippen molar-refractivity contribution < 1.29 is 14.6 Å². The third-order valence-corrected chi connectivity index (χ3v) is 4.51. The van der Waals surface area contributed by atoms with Gasteiger partial charge in [-0.2, -0.15) is 0 Å². The molecule has 0 aromatic rings. The third kappa shape index (κ3) is 4.18. The Kier molecular flexibility index (Phi) is 5.22. The molecule has 0 aromatic heterocycles. The first-order chi connectivity index (χ1) is 9.06. The molecule has 0 saturated carbocycles. The molecule has 2 fully saturated rings. The van der Waals surface area contributed by atoms with E-state index in [9.17, 15) is 4.79 Å². The number of carboxylic acids is 1. The number of hydrogen-bond acceptors (Lipinski definition) is 3. The second kappa shape index (κ2) is 6.71. The summed E-state index contributed by atoms with van der Waals surface area (Å²) < 4.78 is 5.82. The fraction of sp³-hybridized carbons (Fsp3) is 0.933. The van der Waals surface area contributed by atoms with Crippen molar-refractivity contribution in [3.8, 4) is 0 Å². The topological polar surface area (TPSA) is 49.8 Å². The van der Waals surface area contributed by atoms with Gasteiger partial charge in [-0.05, 0) is 52.5 Å². The summed E-state index contributed by atoms with van der Waals surface area (Å²) in [5.74, 6) is -0.667. The first-order valence-corrected chi connectivity index (χ1v) is 7.69. The summed E-state index contributed by atoms with van der Waals surface area (Å²) in [6, 6.07) is 1.05. The first kappa shape index (κ1) is 14.8. The standard InChI is InChI=1S/C15H27NO3/c1-11-9-14(10-12(2)19-11)16-8-4-3-5-13(16)6-7-15(17)18/h11-14H,3-10H2,1-2H3,(H,17,18). The Morgan fingerprint density at radius 1 is 1.26 bits per heavy atom. The lowest BCUT2D eigenvalue weighted by molar-refractivity contribution is -0.137. The van der Waals surface area contributed by atoms with Crippen LogP contribution >= 0.6 is 0 Å². The van der Waals surface area contributed by atoms with Crippen molar-refractivity contribution in [2.75, 3.05) is 6.54 Å². The van der Waals surface area contributed by atoms with Crippen molar-refractivity contribution in [2.45, 2.75) is 83.1 Å². The van der Waals surface area contributed by atoms with Crippen LogP contribution in [0.25, 0.3) is 0 Å². The van der Waals surface area contributed by atoms with Gasteiger partial charge in [-0.25, -0.2) is 0 Å². The summed E-state index contributed by atoms with van der Waals surface area (Å²) >= 11 is 0. The van der Waals surface area contributed by atoms with Crippen LogP contribution in [0, 0.1) is 0 Å². The molecule has 4 heteroatoms. The number of rotatable bonds is 4. The Morgan fingerprint density at radius 3 is 2.58 bits per heavy atom.